The third-order valence-electron chi connectivity index (χ3n) is 1.29. The number of hydrogen-bond donors (Lipinski definition) is 0. The lowest BCUT2D eigenvalue weighted by Gasteiger charge is -1.98. The first-order chi connectivity index (χ1) is 4.84. The summed E-state index contributed by atoms with van der Waals surface area (Å²) in [6.07, 6.45) is 0. The Morgan fingerprint density at radius 1 is 1.20 bits per heavy atom. The van der Waals surface area contributed by atoms with Gasteiger partial charge in [-0.05, 0) is 5.56 Å². The Bertz CT molecular complexity index is 226. The molecule has 0 amide bonds. The Kier molecular flexibility index (Phi) is 2.38. The Labute approximate surface area is 63.8 Å². The molecule has 0 aliphatic carbocycles. The molecule has 0 aromatic heterocycles. The molecule has 0 N–H and O–H groups in total. The first-order valence-corrected chi connectivity index (χ1v) is 3.07. The van der Waals surface area contributed by atoms with E-state index in [1.54, 1.807) is 0 Å². The molecule has 1 aromatic carbocycles. The van der Waals surface area contributed by atoms with E-state index in [0.717, 1.165) is 5.56 Å². The molecule has 0 saturated carbocycles. The van der Waals surface area contributed by atoms with Gasteiger partial charge in [-0.3, -0.25) is 0 Å². The molecule has 0 heterocycles. The Morgan fingerprint density at radius 2 is 1.80 bits per heavy atom. The zero-order valence-corrected chi connectivity index (χ0v) is 5.62. The summed E-state index contributed by atoms with van der Waals surface area (Å²) in [7, 11) is 10.7. The van der Waals surface area contributed by atoms with Gasteiger partial charge in [0.15, 0.2) is 0 Å². The van der Waals surface area contributed by atoms with Crippen LogP contribution < -0.4 is 0 Å². The van der Waals surface area contributed by atoms with Crippen molar-refractivity contribution in [3.63, 3.8) is 0 Å². The second-order valence-corrected chi connectivity index (χ2v) is 1.99. The normalized spacial score (nSPS) is 11.4. The molecule has 44 valence electrons. The minimum absolute atomic E-state index is 0.612. The molecular formula is C8H6B2. The molecule has 10 heavy (non-hydrogen) atoms. The van der Waals surface area contributed by atoms with Gasteiger partial charge in [0.2, 0.25) is 0 Å². The predicted octanol–water partition coefficient (Wildman–Crippen LogP) is 1.32. The summed E-state index contributed by atoms with van der Waals surface area (Å²) in [5.41, 5.74) is 1.57. The van der Waals surface area contributed by atoms with E-state index in [1.807, 2.05) is 30.3 Å². The van der Waals surface area contributed by atoms with Crippen LogP contribution in [0.5, 0.6) is 0 Å². The van der Waals surface area contributed by atoms with E-state index in [4.69, 9.17) is 15.7 Å². The SMILES string of the molecule is [B]/C=C(/[B])c1ccccc1. The zero-order chi connectivity index (χ0) is 7.40. The Hall–Kier alpha value is -0.910. The number of benzene rings is 1. The lowest BCUT2D eigenvalue weighted by molar-refractivity contribution is 1.65. The highest BCUT2D eigenvalue weighted by Gasteiger charge is 1.88. The lowest BCUT2D eigenvalue weighted by atomic mass is 9.84. The van der Waals surface area contributed by atoms with Crippen molar-refractivity contribution in [3.05, 3.63) is 41.9 Å². The highest BCUT2D eigenvalue weighted by Crippen LogP contribution is 2.07. The second-order valence-electron chi connectivity index (χ2n) is 1.99. The van der Waals surface area contributed by atoms with Gasteiger partial charge in [0.25, 0.3) is 0 Å². The van der Waals surface area contributed by atoms with Crippen molar-refractivity contribution < 1.29 is 0 Å². The summed E-state index contributed by atoms with van der Waals surface area (Å²) in [4.78, 5) is 0. The van der Waals surface area contributed by atoms with Crippen LogP contribution >= 0.6 is 0 Å². The molecule has 0 aliphatic heterocycles. The summed E-state index contributed by atoms with van der Waals surface area (Å²) in [5, 5.41) is 0. The van der Waals surface area contributed by atoms with Crippen LogP contribution in [-0.2, 0) is 0 Å². The van der Waals surface area contributed by atoms with Gasteiger partial charge >= 0.3 is 0 Å². The Balaban J connectivity index is 2.96. The van der Waals surface area contributed by atoms with Crippen LogP contribution in [0.3, 0.4) is 0 Å². The van der Waals surface area contributed by atoms with Crippen molar-refractivity contribution in [3.8, 4) is 0 Å². The van der Waals surface area contributed by atoms with Gasteiger partial charge in [0.1, 0.15) is 15.7 Å². The molecule has 0 atom stereocenters. The zero-order valence-electron chi connectivity index (χ0n) is 5.62. The van der Waals surface area contributed by atoms with Gasteiger partial charge in [0.05, 0.1) is 0 Å². The molecular weight excluding hydrogens is 118 g/mol. The lowest BCUT2D eigenvalue weighted by Crippen LogP contribution is -1.81. The highest BCUT2D eigenvalue weighted by molar-refractivity contribution is 6.46. The topological polar surface area (TPSA) is 0 Å². The van der Waals surface area contributed by atoms with Gasteiger partial charge in [-0.2, -0.15) is 0 Å². The van der Waals surface area contributed by atoms with Crippen LogP contribution in [-0.4, -0.2) is 15.7 Å². The number of hydrogen-bond acceptors (Lipinski definition) is 0. The minimum atomic E-state index is 0.612. The van der Waals surface area contributed by atoms with Crippen molar-refractivity contribution in [1.29, 1.82) is 0 Å². The van der Waals surface area contributed by atoms with Crippen LogP contribution in [0.15, 0.2) is 36.3 Å². The number of rotatable bonds is 1. The van der Waals surface area contributed by atoms with Gasteiger partial charge < -0.3 is 0 Å². The predicted molar refractivity (Wildman–Crippen MR) is 45.9 cm³/mol. The van der Waals surface area contributed by atoms with E-state index in [9.17, 15) is 0 Å². The van der Waals surface area contributed by atoms with Gasteiger partial charge in [-0.25, -0.2) is 0 Å². The standard InChI is InChI=1S/C8H6B2/c9-6-8(10)7-4-2-1-3-5-7/h1-6H/b8-6+. The smallest absolute Gasteiger partial charge is 0.113 e. The summed E-state index contributed by atoms with van der Waals surface area (Å²) in [5.74, 6) is 1.40. The molecule has 1 rings (SSSR count). The first-order valence-electron chi connectivity index (χ1n) is 3.07. The van der Waals surface area contributed by atoms with Crippen molar-refractivity contribution in [1.82, 2.24) is 0 Å². The molecule has 0 nitrogen and oxygen atoms in total. The van der Waals surface area contributed by atoms with Crippen LogP contribution in [0.1, 0.15) is 5.56 Å². The van der Waals surface area contributed by atoms with Crippen molar-refractivity contribution >= 4 is 21.2 Å². The fourth-order valence-corrected chi connectivity index (χ4v) is 0.727. The molecule has 0 saturated heterocycles. The summed E-state index contributed by atoms with van der Waals surface area (Å²) < 4.78 is 0. The second kappa shape index (κ2) is 3.31. The monoisotopic (exact) mass is 124 g/mol. The average molecular weight is 124 g/mol. The van der Waals surface area contributed by atoms with E-state index in [-0.39, 0.29) is 0 Å². The fraction of sp³-hybridized carbons (Fsp3) is 0. The molecule has 2 heteroatoms. The molecule has 0 fully saturated rings. The quantitative estimate of drug-likeness (QED) is 0.495. The third kappa shape index (κ3) is 1.53. The maximum atomic E-state index is 5.53. The first kappa shape index (κ1) is 7.20. The maximum Gasteiger partial charge on any atom is 0.113 e. The van der Waals surface area contributed by atoms with Crippen molar-refractivity contribution in [2.75, 3.05) is 0 Å². The van der Waals surface area contributed by atoms with Crippen LogP contribution in [0.25, 0.3) is 5.47 Å². The van der Waals surface area contributed by atoms with E-state index in [2.05, 4.69) is 0 Å². The molecule has 0 spiro atoms. The van der Waals surface area contributed by atoms with E-state index < -0.39 is 0 Å². The summed E-state index contributed by atoms with van der Waals surface area (Å²) >= 11 is 0. The molecule has 1 aromatic rings. The molecule has 0 aliphatic rings. The highest BCUT2D eigenvalue weighted by atomic mass is 13.9. The molecule has 0 unspecified atom stereocenters. The average Bonchev–Trinajstić information content (AvgIpc) is 2.05. The van der Waals surface area contributed by atoms with Crippen molar-refractivity contribution in [2.45, 2.75) is 0 Å². The molecule has 4 radical (unpaired) electrons. The van der Waals surface area contributed by atoms with Crippen molar-refractivity contribution in [2.24, 2.45) is 0 Å². The third-order valence-corrected chi connectivity index (χ3v) is 1.29. The van der Waals surface area contributed by atoms with Crippen LogP contribution in [0, 0.1) is 0 Å². The van der Waals surface area contributed by atoms with E-state index in [0.29, 0.717) is 5.47 Å². The van der Waals surface area contributed by atoms with Crippen LogP contribution in [0.2, 0.25) is 0 Å². The van der Waals surface area contributed by atoms with E-state index >= 15 is 0 Å². The Morgan fingerprint density at radius 3 is 2.30 bits per heavy atom. The largest absolute Gasteiger partial charge is 0.138 e. The summed E-state index contributed by atoms with van der Waals surface area (Å²) in [6, 6.07) is 9.61. The fourth-order valence-electron chi connectivity index (χ4n) is 0.727. The maximum absolute atomic E-state index is 5.53. The van der Waals surface area contributed by atoms with E-state index in [1.165, 1.54) is 5.98 Å². The molecule has 0 bridgehead atoms. The minimum Gasteiger partial charge on any atom is -0.138 e. The van der Waals surface area contributed by atoms with Crippen LogP contribution in [0.4, 0.5) is 0 Å². The summed E-state index contributed by atoms with van der Waals surface area (Å²) in [6.45, 7) is 0. The van der Waals surface area contributed by atoms with Gasteiger partial charge in [-0.1, -0.05) is 30.3 Å². The van der Waals surface area contributed by atoms with Gasteiger partial charge in [0, 0.05) is 0 Å². The van der Waals surface area contributed by atoms with Gasteiger partial charge in [-0.15, -0.1) is 11.4 Å².